The second-order valence-electron chi connectivity index (χ2n) is 12.4. The number of hydrogen-bond donors (Lipinski definition) is 1. The molecule has 0 radical (unpaired) electrons. The van der Waals surface area contributed by atoms with Gasteiger partial charge in [-0.2, -0.15) is 0 Å². The Hall–Kier alpha value is -3.66. The monoisotopic (exact) mass is 593 g/mol. The smallest absolute Gasteiger partial charge is 0.320 e. The van der Waals surface area contributed by atoms with Crippen molar-refractivity contribution in [2.45, 2.75) is 63.6 Å². The third kappa shape index (κ3) is 5.94. The van der Waals surface area contributed by atoms with E-state index in [4.69, 9.17) is 0 Å². The lowest BCUT2D eigenvalue weighted by Crippen LogP contribution is -2.56. The van der Waals surface area contributed by atoms with E-state index in [0.717, 1.165) is 44.6 Å². The summed E-state index contributed by atoms with van der Waals surface area (Å²) in [6, 6.07) is 10.8. The van der Waals surface area contributed by atoms with Crippen molar-refractivity contribution in [1.82, 2.24) is 24.7 Å². The van der Waals surface area contributed by atoms with Crippen LogP contribution in [0.15, 0.2) is 59.7 Å². The molecular weight excluding hydrogens is 555 g/mol. The van der Waals surface area contributed by atoms with Gasteiger partial charge in [0.2, 0.25) is 0 Å². The fraction of sp³-hybridized carbons (Fsp3) is 0.485. The van der Waals surface area contributed by atoms with Crippen LogP contribution in [0.2, 0.25) is 0 Å². The Morgan fingerprint density at radius 3 is 2.47 bits per heavy atom. The average Bonchev–Trinajstić information content (AvgIpc) is 3.47. The topological polar surface area (TPSA) is 70.5 Å². The summed E-state index contributed by atoms with van der Waals surface area (Å²) in [6.45, 7) is 2.11. The van der Waals surface area contributed by atoms with Gasteiger partial charge in [0.25, 0.3) is 5.56 Å². The van der Waals surface area contributed by atoms with Crippen molar-refractivity contribution in [2.24, 2.45) is 11.3 Å². The predicted molar refractivity (Wildman–Crippen MR) is 158 cm³/mol. The molecule has 7 nitrogen and oxygen atoms in total. The number of amides is 2. The lowest BCUT2D eigenvalue weighted by molar-refractivity contribution is 0.0207. The molecule has 0 unspecified atom stereocenters. The Bertz CT molecular complexity index is 1520. The molecule has 3 aromatic rings. The van der Waals surface area contributed by atoms with E-state index in [0.29, 0.717) is 49.4 Å². The van der Waals surface area contributed by atoms with Crippen LogP contribution < -0.4 is 10.9 Å². The molecule has 3 atom stereocenters. The Kier molecular flexibility index (Phi) is 8.31. The number of urea groups is 1. The molecule has 1 aliphatic carbocycles. The van der Waals surface area contributed by atoms with E-state index in [-0.39, 0.29) is 29.0 Å². The quantitative estimate of drug-likeness (QED) is 0.409. The first-order chi connectivity index (χ1) is 20.8. The number of likely N-dealkylation sites (tertiary alicyclic amines) is 2. The molecule has 1 saturated carbocycles. The van der Waals surface area contributed by atoms with Gasteiger partial charge in [-0.05, 0) is 80.3 Å². The van der Waals surface area contributed by atoms with E-state index >= 15 is 0 Å². The molecule has 1 aromatic heterocycles. The van der Waals surface area contributed by atoms with Gasteiger partial charge in [-0.15, -0.1) is 0 Å². The molecule has 228 valence electrons. The van der Waals surface area contributed by atoms with Gasteiger partial charge in [0.1, 0.15) is 17.5 Å². The summed E-state index contributed by atoms with van der Waals surface area (Å²) in [5, 5.41) is 3.27. The molecule has 2 amide bonds. The number of benzene rings is 2. The Morgan fingerprint density at radius 1 is 1.02 bits per heavy atom. The first kappa shape index (κ1) is 29.4. The second kappa shape index (κ2) is 12.1. The summed E-state index contributed by atoms with van der Waals surface area (Å²) in [5.74, 6) is -1.53. The summed E-state index contributed by atoms with van der Waals surface area (Å²) in [7, 11) is 1.87. The Morgan fingerprint density at radius 2 is 1.77 bits per heavy atom. The molecule has 3 fully saturated rings. The summed E-state index contributed by atoms with van der Waals surface area (Å²) < 4.78 is 44.3. The number of hydrogen-bond acceptors (Lipinski definition) is 4. The number of carbonyl (C=O) groups is 1. The van der Waals surface area contributed by atoms with E-state index in [1.54, 1.807) is 27.7 Å². The van der Waals surface area contributed by atoms with E-state index in [2.05, 4.69) is 10.3 Å². The summed E-state index contributed by atoms with van der Waals surface area (Å²) >= 11 is 0. The number of carbonyl (C=O) groups excluding carboxylic acids is 1. The minimum absolute atomic E-state index is 0.0954. The first-order valence-corrected chi connectivity index (χ1v) is 15.3. The van der Waals surface area contributed by atoms with Crippen LogP contribution in [-0.4, -0.2) is 58.1 Å². The van der Waals surface area contributed by atoms with Crippen molar-refractivity contribution < 1.29 is 18.0 Å². The zero-order valence-electron chi connectivity index (χ0n) is 24.4. The highest BCUT2D eigenvalue weighted by Gasteiger charge is 2.47. The molecule has 2 aromatic carbocycles. The summed E-state index contributed by atoms with van der Waals surface area (Å²) in [4.78, 5) is 35.4. The standard InChI is InChI=1S/C33H38F3N5O2/c1-37-26-9-13-41(30(17-26)22-14-24(34)16-25(35)15-22)32(43)39-12-8-23(33(20-39)10-4-5-11-33)19-40-21-38-29(18-31(40)42)27-6-2-3-7-28(27)36/h2-3,6-7,14-16,18,21,23,26,30,37H,4-5,8-13,17,19-20H2,1H3/t23-,26+,30-/m0/s1. The number of halogens is 3. The fourth-order valence-electron chi connectivity index (χ4n) is 7.64. The molecule has 2 aliphatic heterocycles. The lowest BCUT2D eigenvalue weighted by atomic mass is 9.69. The highest BCUT2D eigenvalue weighted by Crippen LogP contribution is 2.49. The van der Waals surface area contributed by atoms with Crippen LogP contribution in [0.3, 0.4) is 0 Å². The van der Waals surface area contributed by atoms with Crippen molar-refractivity contribution in [3.05, 3.63) is 88.2 Å². The lowest BCUT2D eigenvalue weighted by Gasteiger charge is -2.49. The van der Waals surface area contributed by atoms with Gasteiger partial charge in [-0.3, -0.25) is 9.36 Å². The predicted octanol–water partition coefficient (Wildman–Crippen LogP) is 5.76. The highest BCUT2D eigenvalue weighted by atomic mass is 19.1. The van der Waals surface area contributed by atoms with Crippen molar-refractivity contribution in [1.29, 1.82) is 0 Å². The fourth-order valence-corrected chi connectivity index (χ4v) is 7.64. The number of aromatic nitrogens is 2. The Labute approximate surface area is 249 Å². The van der Waals surface area contributed by atoms with Gasteiger partial charge in [-0.25, -0.2) is 22.9 Å². The Balaban J connectivity index is 1.21. The van der Waals surface area contributed by atoms with Gasteiger partial charge in [0, 0.05) is 49.9 Å². The van der Waals surface area contributed by atoms with E-state index in [1.165, 1.54) is 30.6 Å². The minimum atomic E-state index is -0.647. The third-order valence-corrected chi connectivity index (χ3v) is 9.96. The van der Waals surface area contributed by atoms with Gasteiger partial charge in [0.05, 0.1) is 18.1 Å². The van der Waals surface area contributed by atoms with Crippen LogP contribution in [0.1, 0.15) is 56.6 Å². The van der Waals surface area contributed by atoms with Crippen molar-refractivity contribution in [2.75, 3.05) is 26.7 Å². The highest BCUT2D eigenvalue weighted by molar-refractivity contribution is 5.75. The maximum Gasteiger partial charge on any atom is 0.320 e. The molecule has 1 N–H and O–H groups in total. The number of nitrogens with zero attached hydrogens (tertiary/aromatic N) is 4. The van der Waals surface area contributed by atoms with Crippen molar-refractivity contribution in [3.8, 4) is 11.3 Å². The molecule has 10 heteroatoms. The third-order valence-electron chi connectivity index (χ3n) is 9.96. The van der Waals surface area contributed by atoms with E-state index in [1.807, 2.05) is 11.9 Å². The van der Waals surface area contributed by atoms with Crippen LogP contribution in [0.4, 0.5) is 18.0 Å². The largest absolute Gasteiger partial charge is 0.324 e. The molecule has 3 aliphatic rings. The van der Waals surface area contributed by atoms with Gasteiger partial charge in [-0.1, -0.05) is 25.0 Å². The molecule has 6 rings (SSSR count). The molecule has 43 heavy (non-hydrogen) atoms. The van der Waals surface area contributed by atoms with Gasteiger partial charge in [0.15, 0.2) is 0 Å². The summed E-state index contributed by atoms with van der Waals surface area (Å²) in [5.41, 5.74) is 0.731. The average molecular weight is 594 g/mol. The van der Waals surface area contributed by atoms with Gasteiger partial charge < -0.3 is 15.1 Å². The minimum Gasteiger partial charge on any atom is -0.324 e. The molecule has 1 spiro atoms. The van der Waals surface area contributed by atoms with E-state index < -0.39 is 23.5 Å². The molecule has 0 bridgehead atoms. The van der Waals surface area contributed by atoms with Crippen LogP contribution in [0.5, 0.6) is 0 Å². The number of rotatable bonds is 5. The zero-order chi connectivity index (χ0) is 30.1. The summed E-state index contributed by atoms with van der Waals surface area (Å²) in [6.07, 6.45) is 7.66. The van der Waals surface area contributed by atoms with Crippen LogP contribution in [-0.2, 0) is 6.54 Å². The number of nitrogens with one attached hydrogen (secondary N) is 1. The number of piperidine rings is 2. The maximum absolute atomic E-state index is 14.3. The second-order valence-corrected chi connectivity index (χ2v) is 12.4. The SMILES string of the molecule is CN[C@@H]1CCN(C(=O)N2CC[C@@H](Cn3cnc(-c4ccccc4F)cc3=O)C3(CCCC3)C2)[C@H](c2cc(F)cc(F)c2)C1. The molecular formula is C33H38F3N5O2. The zero-order valence-corrected chi connectivity index (χ0v) is 24.4. The van der Waals surface area contributed by atoms with E-state index in [9.17, 15) is 22.8 Å². The van der Waals surface area contributed by atoms with Crippen LogP contribution >= 0.6 is 0 Å². The normalized spacial score (nSPS) is 23.6. The first-order valence-electron chi connectivity index (χ1n) is 15.3. The van der Waals surface area contributed by atoms with Crippen LogP contribution in [0.25, 0.3) is 11.3 Å². The van der Waals surface area contributed by atoms with Crippen molar-refractivity contribution >= 4 is 6.03 Å². The van der Waals surface area contributed by atoms with Crippen molar-refractivity contribution in [3.63, 3.8) is 0 Å². The van der Waals surface area contributed by atoms with Gasteiger partial charge >= 0.3 is 6.03 Å². The molecule has 3 heterocycles. The van der Waals surface area contributed by atoms with Crippen LogP contribution in [0, 0.1) is 28.8 Å². The maximum atomic E-state index is 14.3. The molecule has 2 saturated heterocycles.